The average Bonchev–Trinajstić information content (AvgIpc) is 2.27. The van der Waals surface area contributed by atoms with Crippen molar-refractivity contribution >= 4 is 0 Å². The topological polar surface area (TPSA) is 72.6 Å². The largest absolute Gasteiger partial charge is 0.494 e. The highest BCUT2D eigenvalue weighted by molar-refractivity contribution is 5.30. The fourth-order valence-corrected chi connectivity index (χ4v) is 1.31. The summed E-state index contributed by atoms with van der Waals surface area (Å²) in [5.41, 5.74) is 0.550. The SMILES string of the molecule is COc1cc(CC(CO)[N+](=O)[O-])ccc1F. The molecule has 0 saturated carbocycles. The number of hydrogen-bond donors (Lipinski definition) is 1. The van der Waals surface area contributed by atoms with Crippen LogP contribution < -0.4 is 4.74 Å². The van der Waals surface area contributed by atoms with Crippen LogP contribution in [0, 0.1) is 15.9 Å². The molecular weight excluding hydrogens is 217 g/mol. The van der Waals surface area contributed by atoms with Crippen LogP contribution in [-0.2, 0) is 6.42 Å². The molecule has 1 unspecified atom stereocenters. The zero-order valence-electron chi connectivity index (χ0n) is 8.72. The van der Waals surface area contributed by atoms with Crippen LogP contribution in [0.2, 0.25) is 0 Å². The van der Waals surface area contributed by atoms with E-state index in [4.69, 9.17) is 9.84 Å². The summed E-state index contributed by atoms with van der Waals surface area (Å²) in [6, 6.07) is 2.93. The van der Waals surface area contributed by atoms with Crippen LogP contribution in [0.4, 0.5) is 4.39 Å². The van der Waals surface area contributed by atoms with E-state index in [0.29, 0.717) is 5.56 Å². The fraction of sp³-hybridized carbons (Fsp3) is 0.400. The molecule has 5 nitrogen and oxygen atoms in total. The molecular formula is C10H12FNO4. The van der Waals surface area contributed by atoms with Crippen LogP contribution >= 0.6 is 0 Å². The molecule has 0 spiro atoms. The van der Waals surface area contributed by atoms with Gasteiger partial charge in [0, 0.05) is 11.3 Å². The molecule has 0 amide bonds. The number of nitro groups is 1. The molecule has 88 valence electrons. The maximum atomic E-state index is 13.0. The van der Waals surface area contributed by atoms with Gasteiger partial charge in [-0.25, -0.2) is 4.39 Å². The van der Waals surface area contributed by atoms with Crippen molar-refractivity contribution in [1.82, 2.24) is 0 Å². The molecule has 0 radical (unpaired) electrons. The molecule has 0 saturated heterocycles. The first-order chi connectivity index (χ1) is 7.58. The van der Waals surface area contributed by atoms with Crippen molar-refractivity contribution in [3.8, 4) is 5.75 Å². The lowest BCUT2D eigenvalue weighted by Gasteiger charge is -2.08. The normalized spacial score (nSPS) is 12.2. The summed E-state index contributed by atoms with van der Waals surface area (Å²) in [5, 5.41) is 19.3. The Hall–Kier alpha value is -1.69. The number of hydrogen-bond acceptors (Lipinski definition) is 4. The minimum atomic E-state index is -1.07. The van der Waals surface area contributed by atoms with Crippen molar-refractivity contribution in [2.24, 2.45) is 0 Å². The Morgan fingerprint density at radius 2 is 2.31 bits per heavy atom. The van der Waals surface area contributed by atoms with E-state index >= 15 is 0 Å². The number of ether oxygens (including phenoxy) is 1. The summed E-state index contributed by atoms with van der Waals surface area (Å²) in [6.07, 6.45) is 0.0418. The number of nitrogens with zero attached hydrogens (tertiary/aromatic N) is 1. The molecule has 1 aromatic carbocycles. The van der Waals surface area contributed by atoms with Gasteiger partial charge in [-0.05, 0) is 17.7 Å². The van der Waals surface area contributed by atoms with E-state index in [0.717, 1.165) is 0 Å². The molecule has 6 heteroatoms. The van der Waals surface area contributed by atoms with Gasteiger partial charge in [0.05, 0.1) is 7.11 Å². The summed E-state index contributed by atoms with van der Waals surface area (Å²) in [4.78, 5) is 9.94. The van der Waals surface area contributed by atoms with Gasteiger partial charge in [0.15, 0.2) is 11.6 Å². The maximum absolute atomic E-state index is 13.0. The number of halogens is 1. The monoisotopic (exact) mass is 229 g/mol. The van der Waals surface area contributed by atoms with Crippen LogP contribution in [0.25, 0.3) is 0 Å². The molecule has 0 aliphatic rings. The Bertz CT molecular complexity index is 383. The predicted octanol–water partition coefficient (Wildman–Crippen LogP) is 1.01. The van der Waals surface area contributed by atoms with Crippen molar-refractivity contribution in [3.05, 3.63) is 39.7 Å². The lowest BCUT2D eigenvalue weighted by molar-refractivity contribution is -0.525. The highest BCUT2D eigenvalue weighted by Gasteiger charge is 2.19. The van der Waals surface area contributed by atoms with Crippen LogP contribution in [0.3, 0.4) is 0 Å². The number of rotatable bonds is 5. The first-order valence-corrected chi connectivity index (χ1v) is 4.65. The zero-order chi connectivity index (χ0) is 12.1. The Balaban J connectivity index is 2.84. The van der Waals surface area contributed by atoms with Gasteiger partial charge < -0.3 is 9.84 Å². The molecule has 16 heavy (non-hydrogen) atoms. The highest BCUT2D eigenvalue weighted by Crippen LogP contribution is 2.19. The summed E-state index contributed by atoms with van der Waals surface area (Å²) < 4.78 is 17.8. The number of aliphatic hydroxyl groups excluding tert-OH is 1. The van der Waals surface area contributed by atoms with Crippen molar-refractivity contribution < 1.29 is 19.2 Å². The van der Waals surface area contributed by atoms with Crippen LogP contribution in [-0.4, -0.2) is 29.8 Å². The van der Waals surface area contributed by atoms with Gasteiger partial charge in [-0.15, -0.1) is 0 Å². The summed E-state index contributed by atoms with van der Waals surface area (Å²) in [7, 11) is 1.32. The van der Waals surface area contributed by atoms with E-state index in [1.807, 2.05) is 0 Å². The van der Waals surface area contributed by atoms with Gasteiger partial charge >= 0.3 is 0 Å². The van der Waals surface area contributed by atoms with Crippen LogP contribution in [0.5, 0.6) is 5.75 Å². The van der Waals surface area contributed by atoms with E-state index in [2.05, 4.69) is 0 Å². The maximum Gasteiger partial charge on any atom is 0.239 e. The minimum Gasteiger partial charge on any atom is -0.494 e. The third-order valence-corrected chi connectivity index (χ3v) is 2.20. The molecule has 0 bridgehead atoms. The molecule has 1 rings (SSSR count). The molecule has 1 atom stereocenters. The van der Waals surface area contributed by atoms with Gasteiger partial charge in [0.2, 0.25) is 6.04 Å². The van der Waals surface area contributed by atoms with E-state index < -0.39 is 23.4 Å². The summed E-state index contributed by atoms with van der Waals surface area (Å²) in [5.74, 6) is -0.481. The first-order valence-electron chi connectivity index (χ1n) is 4.65. The lowest BCUT2D eigenvalue weighted by atomic mass is 10.1. The third-order valence-electron chi connectivity index (χ3n) is 2.20. The third kappa shape index (κ3) is 2.90. The average molecular weight is 229 g/mol. The second-order valence-electron chi connectivity index (χ2n) is 3.29. The highest BCUT2D eigenvalue weighted by atomic mass is 19.1. The quantitative estimate of drug-likeness (QED) is 0.604. The Labute approximate surface area is 91.6 Å². The molecule has 0 aliphatic heterocycles. The zero-order valence-corrected chi connectivity index (χ0v) is 8.72. The lowest BCUT2D eigenvalue weighted by Crippen LogP contribution is -2.26. The van der Waals surface area contributed by atoms with Crippen LogP contribution in [0.15, 0.2) is 18.2 Å². The summed E-state index contributed by atoms with van der Waals surface area (Å²) in [6.45, 7) is -0.549. The number of aliphatic hydroxyl groups is 1. The molecule has 1 N–H and O–H groups in total. The van der Waals surface area contributed by atoms with Crippen molar-refractivity contribution in [2.45, 2.75) is 12.5 Å². The summed E-state index contributed by atoms with van der Waals surface area (Å²) >= 11 is 0. The first kappa shape index (κ1) is 12.4. The Morgan fingerprint density at radius 1 is 1.62 bits per heavy atom. The molecule has 0 aliphatic carbocycles. The van der Waals surface area contributed by atoms with Gasteiger partial charge in [-0.3, -0.25) is 10.1 Å². The number of benzene rings is 1. The van der Waals surface area contributed by atoms with E-state index in [9.17, 15) is 14.5 Å². The van der Waals surface area contributed by atoms with Gasteiger partial charge in [0.25, 0.3) is 0 Å². The van der Waals surface area contributed by atoms with Gasteiger partial charge in [-0.2, -0.15) is 0 Å². The molecule has 1 aromatic rings. The second-order valence-corrected chi connectivity index (χ2v) is 3.29. The van der Waals surface area contributed by atoms with E-state index in [-0.39, 0.29) is 12.2 Å². The van der Waals surface area contributed by atoms with Crippen molar-refractivity contribution in [2.75, 3.05) is 13.7 Å². The molecule has 0 aromatic heterocycles. The predicted molar refractivity (Wildman–Crippen MR) is 54.5 cm³/mol. The minimum absolute atomic E-state index is 0.0394. The second kappa shape index (κ2) is 5.41. The van der Waals surface area contributed by atoms with Crippen molar-refractivity contribution in [3.63, 3.8) is 0 Å². The van der Waals surface area contributed by atoms with Crippen molar-refractivity contribution in [1.29, 1.82) is 0 Å². The van der Waals surface area contributed by atoms with Crippen LogP contribution in [0.1, 0.15) is 5.56 Å². The van der Waals surface area contributed by atoms with E-state index in [1.54, 1.807) is 0 Å². The fourth-order valence-electron chi connectivity index (χ4n) is 1.31. The van der Waals surface area contributed by atoms with Gasteiger partial charge in [-0.1, -0.05) is 6.07 Å². The Kier molecular flexibility index (Phi) is 4.19. The Morgan fingerprint density at radius 3 is 2.81 bits per heavy atom. The smallest absolute Gasteiger partial charge is 0.239 e. The van der Waals surface area contributed by atoms with E-state index in [1.165, 1.54) is 25.3 Å². The number of methoxy groups -OCH3 is 1. The molecule has 0 heterocycles. The standard InChI is InChI=1S/C10H12FNO4/c1-16-10-5-7(2-3-9(10)11)4-8(6-13)12(14)15/h2-3,5,8,13H,4,6H2,1H3. The van der Waals surface area contributed by atoms with Gasteiger partial charge in [0.1, 0.15) is 6.61 Å². The molecule has 0 fully saturated rings.